The topological polar surface area (TPSA) is 71.0 Å². The van der Waals surface area contributed by atoms with Gasteiger partial charge in [0, 0.05) is 31.3 Å². The highest BCUT2D eigenvalue weighted by molar-refractivity contribution is 7.15. The molecule has 32 heavy (non-hydrogen) atoms. The molecule has 0 bridgehead atoms. The van der Waals surface area contributed by atoms with Crippen LogP contribution in [0.1, 0.15) is 21.9 Å². The van der Waals surface area contributed by atoms with E-state index in [0.717, 1.165) is 34.0 Å². The van der Waals surface area contributed by atoms with Gasteiger partial charge in [-0.15, -0.1) is 11.3 Å². The van der Waals surface area contributed by atoms with Crippen molar-refractivity contribution in [1.82, 2.24) is 19.9 Å². The van der Waals surface area contributed by atoms with Crippen LogP contribution in [0.15, 0.2) is 48.7 Å². The molecule has 1 saturated heterocycles. The fourth-order valence-electron chi connectivity index (χ4n) is 3.86. The van der Waals surface area contributed by atoms with E-state index in [1.807, 2.05) is 37.3 Å². The number of hydrogen-bond acceptors (Lipinski definition) is 6. The minimum atomic E-state index is -0.964. The van der Waals surface area contributed by atoms with Crippen molar-refractivity contribution in [3.8, 4) is 10.4 Å². The Morgan fingerprint density at radius 1 is 1.12 bits per heavy atom. The monoisotopic (exact) mass is 451 g/mol. The smallest absolute Gasteiger partial charge is 0.274 e. The first-order chi connectivity index (χ1) is 15.5. The number of benzene rings is 2. The summed E-state index contributed by atoms with van der Waals surface area (Å²) in [4.78, 5) is 28.9. The molecule has 1 N–H and O–H groups in total. The number of rotatable bonds is 4. The van der Waals surface area contributed by atoms with Crippen LogP contribution in [-0.4, -0.2) is 44.9 Å². The molecule has 1 amide bonds. The van der Waals surface area contributed by atoms with E-state index in [0.29, 0.717) is 24.6 Å². The van der Waals surface area contributed by atoms with Gasteiger partial charge in [-0.05, 0) is 18.9 Å². The van der Waals surface area contributed by atoms with Gasteiger partial charge in [0.2, 0.25) is 0 Å². The number of likely N-dealkylation sites (tertiary alicyclic amines) is 1. The normalized spacial score (nSPS) is 16.0. The number of carbonyl (C=O) groups is 1. The van der Waals surface area contributed by atoms with Crippen LogP contribution < -0.4 is 5.32 Å². The minimum Gasteiger partial charge on any atom is -0.364 e. The average molecular weight is 452 g/mol. The van der Waals surface area contributed by atoms with Gasteiger partial charge in [-0.2, -0.15) is 0 Å². The molecule has 1 fully saturated rings. The van der Waals surface area contributed by atoms with Crippen LogP contribution in [-0.2, 0) is 0 Å². The van der Waals surface area contributed by atoms with Crippen LogP contribution in [0.25, 0.3) is 21.5 Å². The maximum Gasteiger partial charge on any atom is 0.274 e. The van der Waals surface area contributed by atoms with Crippen molar-refractivity contribution in [3.05, 3.63) is 71.0 Å². The molecule has 0 saturated carbocycles. The Labute approximate surface area is 187 Å². The molecule has 0 aliphatic carbocycles. The lowest BCUT2D eigenvalue weighted by atomic mass is 10.1. The van der Waals surface area contributed by atoms with E-state index in [2.05, 4.69) is 20.3 Å². The van der Waals surface area contributed by atoms with Crippen LogP contribution in [0.5, 0.6) is 0 Å². The second-order valence-electron chi connectivity index (χ2n) is 7.67. The van der Waals surface area contributed by atoms with Crippen LogP contribution in [0.3, 0.4) is 0 Å². The Morgan fingerprint density at radius 2 is 1.88 bits per heavy atom. The van der Waals surface area contributed by atoms with E-state index in [4.69, 9.17) is 0 Å². The largest absolute Gasteiger partial charge is 0.364 e. The molecular formula is C23H19F2N5OS. The number of aryl methyl sites for hydroxylation is 1. The second-order valence-corrected chi connectivity index (χ2v) is 8.87. The van der Waals surface area contributed by atoms with E-state index < -0.39 is 11.6 Å². The molecular weight excluding hydrogens is 432 g/mol. The van der Waals surface area contributed by atoms with Crippen LogP contribution >= 0.6 is 11.3 Å². The van der Waals surface area contributed by atoms with Crippen molar-refractivity contribution in [2.24, 2.45) is 0 Å². The zero-order valence-corrected chi connectivity index (χ0v) is 18.0. The third-order valence-corrected chi connectivity index (χ3v) is 6.40. The molecule has 1 aliphatic rings. The molecule has 1 atom stereocenters. The Kier molecular flexibility index (Phi) is 5.26. The summed E-state index contributed by atoms with van der Waals surface area (Å²) in [5.74, 6) is -1.56. The number of thiazole rings is 1. The van der Waals surface area contributed by atoms with Crippen LogP contribution in [0.2, 0.25) is 0 Å². The highest BCUT2D eigenvalue weighted by atomic mass is 32.1. The lowest BCUT2D eigenvalue weighted by Gasteiger charge is -2.17. The Morgan fingerprint density at radius 3 is 2.66 bits per heavy atom. The summed E-state index contributed by atoms with van der Waals surface area (Å²) in [6, 6.07) is 11.8. The number of aromatic nitrogens is 3. The predicted molar refractivity (Wildman–Crippen MR) is 120 cm³/mol. The number of nitrogens with one attached hydrogen (secondary N) is 1. The molecule has 2 aromatic heterocycles. The second kappa shape index (κ2) is 8.23. The van der Waals surface area contributed by atoms with Gasteiger partial charge in [0.1, 0.15) is 11.5 Å². The molecule has 4 aromatic rings. The van der Waals surface area contributed by atoms with Gasteiger partial charge in [0.05, 0.1) is 27.1 Å². The maximum absolute atomic E-state index is 13.5. The Bertz CT molecular complexity index is 1310. The van der Waals surface area contributed by atoms with Crippen molar-refractivity contribution in [2.45, 2.75) is 19.4 Å². The molecule has 0 radical (unpaired) electrons. The van der Waals surface area contributed by atoms with Crippen molar-refractivity contribution in [2.75, 3.05) is 18.4 Å². The molecule has 1 unspecified atom stereocenters. The van der Waals surface area contributed by atoms with Crippen molar-refractivity contribution >= 4 is 34.1 Å². The number of fused-ring (bicyclic) bond motifs is 1. The molecule has 1 aliphatic heterocycles. The molecule has 3 heterocycles. The van der Waals surface area contributed by atoms with Gasteiger partial charge >= 0.3 is 0 Å². The van der Waals surface area contributed by atoms with E-state index in [-0.39, 0.29) is 23.0 Å². The molecule has 6 nitrogen and oxygen atoms in total. The zero-order valence-electron chi connectivity index (χ0n) is 17.2. The van der Waals surface area contributed by atoms with Gasteiger partial charge < -0.3 is 10.2 Å². The summed E-state index contributed by atoms with van der Waals surface area (Å²) in [5.41, 5.74) is 2.00. The quantitative estimate of drug-likeness (QED) is 0.488. The molecule has 2 aromatic carbocycles. The average Bonchev–Trinajstić information content (AvgIpc) is 3.41. The first-order valence-corrected chi connectivity index (χ1v) is 11.0. The van der Waals surface area contributed by atoms with Crippen LogP contribution in [0, 0.1) is 18.6 Å². The number of anilines is 1. The minimum absolute atomic E-state index is 0.0316. The van der Waals surface area contributed by atoms with Crippen molar-refractivity contribution < 1.29 is 13.6 Å². The summed E-state index contributed by atoms with van der Waals surface area (Å²) < 4.78 is 26.9. The predicted octanol–water partition coefficient (Wildman–Crippen LogP) is 4.67. The number of nitrogens with zero attached hydrogens (tertiary/aromatic N) is 4. The van der Waals surface area contributed by atoms with E-state index in [1.165, 1.54) is 17.5 Å². The molecule has 9 heteroatoms. The van der Waals surface area contributed by atoms with E-state index >= 15 is 0 Å². The number of halogens is 2. The first-order valence-electron chi connectivity index (χ1n) is 10.2. The van der Waals surface area contributed by atoms with E-state index in [1.54, 1.807) is 4.90 Å². The van der Waals surface area contributed by atoms with Gasteiger partial charge in [0.25, 0.3) is 5.91 Å². The lowest BCUT2D eigenvalue weighted by Crippen LogP contribution is -2.32. The third-order valence-electron chi connectivity index (χ3n) is 5.38. The summed E-state index contributed by atoms with van der Waals surface area (Å²) >= 11 is 1.51. The summed E-state index contributed by atoms with van der Waals surface area (Å²) in [6.45, 7) is 2.97. The highest BCUT2D eigenvalue weighted by Crippen LogP contribution is 2.31. The number of carbonyl (C=O) groups excluding carboxylic acids is 1. The zero-order chi connectivity index (χ0) is 22.2. The standard InChI is InChI=1S/C23H19F2N5OS/c1-13-27-21(22(32-13)14-5-3-2-4-6-14)23(31)30-8-7-15(12-30)28-20-11-26-18-9-16(24)17(25)10-19(18)29-20/h2-6,9-11,15H,7-8,12H2,1H3,(H,28,29). The summed E-state index contributed by atoms with van der Waals surface area (Å²) in [7, 11) is 0. The fourth-order valence-corrected chi connectivity index (χ4v) is 4.77. The molecule has 162 valence electrons. The van der Waals surface area contributed by atoms with Crippen LogP contribution in [0.4, 0.5) is 14.6 Å². The highest BCUT2D eigenvalue weighted by Gasteiger charge is 2.30. The molecule has 5 rings (SSSR count). The van der Waals surface area contributed by atoms with Crippen molar-refractivity contribution in [1.29, 1.82) is 0 Å². The number of hydrogen-bond donors (Lipinski definition) is 1. The Hall–Kier alpha value is -3.46. The first kappa shape index (κ1) is 20.4. The fraction of sp³-hybridized carbons (Fsp3) is 0.217. The van der Waals surface area contributed by atoms with Gasteiger partial charge in [-0.25, -0.2) is 18.7 Å². The van der Waals surface area contributed by atoms with E-state index in [9.17, 15) is 13.6 Å². The van der Waals surface area contributed by atoms with Gasteiger partial charge in [0.15, 0.2) is 11.6 Å². The van der Waals surface area contributed by atoms with Crippen molar-refractivity contribution in [3.63, 3.8) is 0 Å². The number of amides is 1. The SMILES string of the molecule is Cc1nc(C(=O)N2CCC(Nc3cnc4cc(F)c(F)cc4n3)C2)c(-c2ccccc2)s1. The Balaban J connectivity index is 1.32. The molecule has 0 spiro atoms. The third kappa shape index (κ3) is 3.91. The van der Waals surface area contributed by atoms with Gasteiger partial charge in [-0.1, -0.05) is 30.3 Å². The lowest BCUT2D eigenvalue weighted by molar-refractivity contribution is 0.0787. The summed E-state index contributed by atoms with van der Waals surface area (Å²) in [5, 5.41) is 4.10. The maximum atomic E-state index is 13.5. The summed E-state index contributed by atoms with van der Waals surface area (Å²) in [6.07, 6.45) is 2.22. The van der Waals surface area contributed by atoms with Gasteiger partial charge in [-0.3, -0.25) is 9.78 Å².